The molecule has 0 unspecified atom stereocenters. The second-order valence-electron chi connectivity index (χ2n) is 6.86. The molecule has 0 aliphatic carbocycles. The summed E-state index contributed by atoms with van der Waals surface area (Å²) in [4.78, 5) is 23.1. The molecule has 0 atom stereocenters. The van der Waals surface area contributed by atoms with Crippen LogP contribution in [0.15, 0.2) is 36.4 Å². The zero-order valence-electron chi connectivity index (χ0n) is 16.6. The Kier molecular flexibility index (Phi) is 12.7. The summed E-state index contributed by atoms with van der Waals surface area (Å²) in [6.45, 7) is 2.57. The van der Waals surface area contributed by atoms with Crippen LogP contribution < -0.4 is 0 Å². The molecule has 27 heavy (non-hydrogen) atoms. The first kappa shape index (κ1) is 22.9. The molecule has 1 aromatic carbocycles. The number of unbranched alkanes of at least 4 members (excludes halogenated alkanes) is 9. The van der Waals surface area contributed by atoms with E-state index >= 15 is 0 Å². The Morgan fingerprint density at radius 1 is 0.852 bits per heavy atom. The van der Waals surface area contributed by atoms with E-state index in [1.807, 2.05) is 0 Å². The van der Waals surface area contributed by atoms with Crippen molar-refractivity contribution in [2.75, 3.05) is 6.61 Å². The molecule has 150 valence electrons. The summed E-state index contributed by atoms with van der Waals surface area (Å²) in [5, 5.41) is 9.09. The number of allylic oxidation sites excluding steroid dienone is 2. The smallest absolute Gasteiger partial charge is 0.339 e. The Morgan fingerprint density at radius 3 is 2.04 bits per heavy atom. The minimum absolute atomic E-state index is 0.0157. The summed E-state index contributed by atoms with van der Waals surface area (Å²) in [5.74, 6) is -1.68. The van der Waals surface area contributed by atoms with Crippen LogP contribution in [0.4, 0.5) is 0 Å². The van der Waals surface area contributed by atoms with Gasteiger partial charge in [-0.3, -0.25) is 0 Å². The van der Waals surface area contributed by atoms with Crippen LogP contribution in [0.25, 0.3) is 0 Å². The van der Waals surface area contributed by atoms with E-state index < -0.39 is 11.9 Å². The van der Waals surface area contributed by atoms with E-state index in [4.69, 9.17) is 9.84 Å². The minimum atomic E-state index is -1.12. The van der Waals surface area contributed by atoms with Crippen LogP contribution in [-0.4, -0.2) is 23.7 Å². The standard InChI is InChI=1S/C23H34O4/c1-2-3-4-5-6-7-8-9-10-11-12-13-16-19-27-23(26)21-18-15-14-17-20(21)22(24)25/h9-10,14-15,17-18H,2-8,11-13,16,19H2,1H3,(H,24,25)/b10-9+. The van der Waals surface area contributed by atoms with Gasteiger partial charge in [-0.15, -0.1) is 0 Å². The number of hydrogen-bond donors (Lipinski definition) is 1. The first-order valence-electron chi connectivity index (χ1n) is 10.3. The third kappa shape index (κ3) is 10.6. The molecule has 0 saturated heterocycles. The Balaban J connectivity index is 2.04. The van der Waals surface area contributed by atoms with Gasteiger partial charge in [0.1, 0.15) is 0 Å². The van der Waals surface area contributed by atoms with Crippen LogP contribution in [0.1, 0.15) is 98.3 Å². The fraction of sp³-hybridized carbons (Fsp3) is 0.565. The predicted molar refractivity (Wildman–Crippen MR) is 109 cm³/mol. The van der Waals surface area contributed by atoms with E-state index in [0.29, 0.717) is 6.61 Å². The van der Waals surface area contributed by atoms with Gasteiger partial charge in [0.15, 0.2) is 0 Å². The average molecular weight is 375 g/mol. The summed E-state index contributed by atoms with van der Waals surface area (Å²) in [7, 11) is 0. The molecule has 1 rings (SSSR count). The third-order valence-corrected chi connectivity index (χ3v) is 4.52. The topological polar surface area (TPSA) is 63.6 Å². The lowest BCUT2D eigenvalue weighted by atomic mass is 10.1. The lowest BCUT2D eigenvalue weighted by molar-refractivity contribution is 0.0487. The van der Waals surface area contributed by atoms with Gasteiger partial charge in [0, 0.05) is 0 Å². The van der Waals surface area contributed by atoms with E-state index in [9.17, 15) is 9.59 Å². The maximum atomic E-state index is 12.0. The van der Waals surface area contributed by atoms with E-state index in [-0.39, 0.29) is 11.1 Å². The molecule has 4 nitrogen and oxygen atoms in total. The van der Waals surface area contributed by atoms with E-state index in [1.165, 1.54) is 57.1 Å². The zero-order valence-corrected chi connectivity index (χ0v) is 16.6. The number of benzene rings is 1. The number of carbonyl (C=O) groups is 2. The second-order valence-corrected chi connectivity index (χ2v) is 6.86. The van der Waals surface area contributed by atoms with Gasteiger partial charge in [0.25, 0.3) is 0 Å². The molecule has 1 aromatic rings. The SMILES string of the molecule is CCCCCCCC/C=C/CCCCCOC(=O)c1ccccc1C(=O)O. The van der Waals surface area contributed by atoms with Crippen molar-refractivity contribution in [2.24, 2.45) is 0 Å². The van der Waals surface area contributed by atoms with Crippen molar-refractivity contribution in [3.05, 3.63) is 47.5 Å². The third-order valence-electron chi connectivity index (χ3n) is 4.52. The largest absolute Gasteiger partial charge is 0.478 e. The van der Waals surface area contributed by atoms with Gasteiger partial charge in [-0.05, 0) is 50.7 Å². The number of carboxylic acids is 1. The molecule has 0 aliphatic heterocycles. The van der Waals surface area contributed by atoms with Crippen LogP contribution in [0.3, 0.4) is 0 Å². The lowest BCUT2D eigenvalue weighted by Crippen LogP contribution is -2.12. The Bertz CT molecular complexity index is 577. The fourth-order valence-corrected chi connectivity index (χ4v) is 2.91. The van der Waals surface area contributed by atoms with Crippen LogP contribution in [0.5, 0.6) is 0 Å². The summed E-state index contributed by atoms with van der Waals surface area (Å²) in [5.41, 5.74) is 0.0978. The molecule has 0 spiro atoms. The van der Waals surface area contributed by atoms with Crippen molar-refractivity contribution in [3.63, 3.8) is 0 Å². The van der Waals surface area contributed by atoms with Gasteiger partial charge in [0.05, 0.1) is 17.7 Å². The first-order valence-corrected chi connectivity index (χ1v) is 10.3. The van der Waals surface area contributed by atoms with Crippen LogP contribution in [0.2, 0.25) is 0 Å². The maximum Gasteiger partial charge on any atom is 0.339 e. The molecule has 0 radical (unpaired) electrons. The highest BCUT2D eigenvalue weighted by molar-refractivity contribution is 6.02. The monoisotopic (exact) mass is 374 g/mol. The molecule has 0 aromatic heterocycles. The first-order chi connectivity index (χ1) is 13.2. The van der Waals surface area contributed by atoms with Crippen molar-refractivity contribution < 1.29 is 19.4 Å². The molecule has 0 saturated carbocycles. The quantitative estimate of drug-likeness (QED) is 0.219. The van der Waals surface area contributed by atoms with E-state index in [0.717, 1.165) is 25.7 Å². The molecule has 0 aliphatic rings. The van der Waals surface area contributed by atoms with E-state index in [1.54, 1.807) is 12.1 Å². The predicted octanol–water partition coefficient (Wildman–Crippen LogP) is 6.41. The summed E-state index contributed by atoms with van der Waals surface area (Å²) < 4.78 is 5.20. The molecular weight excluding hydrogens is 340 g/mol. The number of ether oxygens (including phenoxy) is 1. The number of carbonyl (C=O) groups excluding carboxylic acids is 1. The number of aromatic carboxylic acids is 1. The molecule has 0 heterocycles. The molecule has 0 bridgehead atoms. The van der Waals surface area contributed by atoms with Crippen molar-refractivity contribution >= 4 is 11.9 Å². The summed E-state index contributed by atoms with van der Waals surface area (Å²) >= 11 is 0. The maximum absolute atomic E-state index is 12.0. The molecule has 1 N–H and O–H groups in total. The van der Waals surface area contributed by atoms with Crippen molar-refractivity contribution in [2.45, 2.75) is 77.6 Å². The molecule has 0 amide bonds. The van der Waals surface area contributed by atoms with Gasteiger partial charge >= 0.3 is 11.9 Å². The number of esters is 1. The highest BCUT2D eigenvalue weighted by atomic mass is 16.5. The highest BCUT2D eigenvalue weighted by Crippen LogP contribution is 2.11. The van der Waals surface area contributed by atoms with Crippen molar-refractivity contribution in [3.8, 4) is 0 Å². The van der Waals surface area contributed by atoms with Gasteiger partial charge in [-0.25, -0.2) is 9.59 Å². The second kappa shape index (κ2) is 15.0. The number of rotatable bonds is 15. The highest BCUT2D eigenvalue weighted by Gasteiger charge is 2.16. The number of hydrogen-bond acceptors (Lipinski definition) is 3. The fourth-order valence-electron chi connectivity index (χ4n) is 2.91. The van der Waals surface area contributed by atoms with Gasteiger partial charge in [-0.2, -0.15) is 0 Å². The molecular formula is C23H34O4. The Labute approximate surface area is 163 Å². The number of carboxylic acid groups (broad SMARTS) is 1. The van der Waals surface area contributed by atoms with Crippen molar-refractivity contribution in [1.82, 2.24) is 0 Å². The normalized spacial score (nSPS) is 11.0. The van der Waals surface area contributed by atoms with Gasteiger partial charge < -0.3 is 9.84 Å². The van der Waals surface area contributed by atoms with E-state index in [2.05, 4.69) is 19.1 Å². The Morgan fingerprint density at radius 2 is 1.41 bits per heavy atom. The van der Waals surface area contributed by atoms with Crippen LogP contribution >= 0.6 is 0 Å². The van der Waals surface area contributed by atoms with Gasteiger partial charge in [0.2, 0.25) is 0 Å². The van der Waals surface area contributed by atoms with Gasteiger partial charge in [-0.1, -0.05) is 63.3 Å². The average Bonchev–Trinajstić information content (AvgIpc) is 2.68. The molecule has 0 fully saturated rings. The Hall–Kier alpha value is -2.10. The summed E-state index contributed by atoms with van der Waals surface area (Å²) in [6.07, 6.45) is 17.6. The molecule has 4 heteroatoms. The van der Waals surface area contributed by atoms with Crippen LogP contribution in [0, 0.1) is 0 Å². The lowest BCUT2D eigenvalue weighted by Gasteiger charge is -2.06. The zero-order chi connectivity index (χ0) is 19.7. The van der Waals surface area contributed by atoms with Crippen LogP contribution in [-0.2, 0) is 4.74 Å². The minimum Gasteiger partial charge on any atom is -0.478 e. The van der Waals surface area contributed by atoms with Crippen molar-refractivity contribution in [1.29, 1.82) is 0 Å². The summed E-state index contributed by atoms with van der Waals surface area (Å²) in [6, 6.07) is 6.14.